The summed E-state index contributed by atoms with van der Waals surface area (Å²) in [6.45, 7) is 1.75. The fraction of sp³-hybridized carbons (Fsp3) is 0.273. The van der Waals surface area contributed by atoms with Crippen molar-refractivity contribution in [1.29, 1.82) is 0 Å². The Morgan fingerprint density at radius 1 is 1.13 bits per heavy atom. The third kappa shape index (κ3) is 5.59. The number of thioether (sulfide) groups is 1. The van der Waals surface area contributed by atoms with E-state index in [1.54, 1.807) is 31.3 Å². The first-order valence-corrected chi connectivity index (χ1v) is 12.4. The lowest BCUT2D eigenvalue weighted by molar-refractivity contribution is -0.150. The Morgan fingerprint density at radius 2 is 1.83 bits per heavy atom. The number of aromatic nitrogens is 1. The molecular weight excluding hydrogens is 420 g/mol. The zero-order valence-corrected chi connectivity index (χ0v) is 18.4. The highest BCUT2D eigenvalue weighted by Crippen LogP contribution is 2.22. The van der Waals surface area contributed by atoms with Crippen molar-refractivity contribution in [3.8, 4) is 0 Å². The summed E-state index contributed by atoms with van der Waals surface area (Å²) in [5.74, 6) is 0.00687. The van der Waals surface area contributed by atoms with Crippen molar-refractivity contribution in [2.45, 2.75) is 30.4 Å². The Kier molecular flexibility index (Phi) is 7.47. The molecule has 0 unspecified atom stereocenters. The second-order valence-electron chi connectivity index (χ2n) is 6.81. The van der Waals surface area contributed by atoms with Gasteiger partial charge in [-0.15, -0.1) is 0 Å². The molecule has 3 rings (SSSR count). The zero-order valence-electron chi connectivity index (χ0n) is 16.8. The third-order valence-corrected chi connectivity index (χ3v) is 6.75. The number of para-hydroxylation sites is 1. The molecule has 2 atom stereocenters. The van der Waals surface area contributed by atoms with Crippen LogP contribution in [-0.2, 0) is 19.6 Å². The average Bonchev–Trinajstić information content (AvgIpc) is 2.76. The minimum absolute atomic E-state index is 0.110. The Morgan fingerprint density at radius 3 is 2.57 bits per heavy atom. The first kappa shape index (κ1) is 22.3. The van der Waals surface area contributed by atoms with Crippen LogP contribution in [0.3, 0.4) is 0 Å². The van der Waals surface area contributed by atoms with Crippen LogP contribution in [0.5, 0.6) is 0 Å². The average molecular weight is 445 g/mol. The molecule has 0 aliphatic heterocycles. The fourth-order valence-corrected chi connectivity index (χ4v) is 4.66. The van der Waals surface area contributed by atoms with Crippen LogP contribution in [-0.4, -0.2) is 37.4 Å². The number of sulfonamides is 1. The number of carbonyl (C=O) groups excluding carboxylic acids is 1. The molecule has 0 fully saturated rings. The van der Waals surface area contributed by atoms with Crippen molar-refractivity contribution in [3.63, 3.8) is 0 Å². The minimum Gasteiger partial charge on any atom is -0.457 e. The number of carbonyl (C=O) groups is 1. The maximum absolute atomic E-state index is 12.8. The normalized spacial score (nSPS) is 13.7. The highest BCUT2D eigenvalue weighted by molar-refractivity contribution is 7.98. The van der Waals surface area contributed by atoms with E-state index in [9.17, 15) is 13.2 Å². The molecule has 30 heavy (non-hydrogen) atoms. The van der Waals surface area contributed by atoms with E-state index in [1.165, 1.54) is 23.9 Å². The van der Waals surface area contributed by atoms with Crippen molar-refractivity contribution in [1.82, 2.24) is 9.71 Å². The van der Waals surface area contributed by atoms with Crippen LogP contribution in [0.4, 0.5) is 0 Å². The maximum atomic E-state index is 12.8. The molecule has 6 nitrogen and oxygen atoms in total. The van der Waals surface area contributed by atoms with Gasteiger partial charge >= 0.3 is 5.97 Å². The Labute approximate surface area is 181 Å². The van der Waals surface area contributed by atoms with E-state index in [1.807, 2.05) is 36.6 Å². The summed E-state index contributed by atoms with van der Waals surface area (Å²) < 4.78 is 33.5. The number of nitrogens with one attached hydrogen (secondary N) is 1. The van der Waals surface area contributed by atoms with Crippen molar-refractivity contribution in [2.24, 2.45) is 0 Å². The summed E-state index contributed by atoms with van der Waals surface area (Å²) in [6.07, 6.45) is 3.34. The van der Waals surface area contributed by atoms with Crippen LogP contribution in [0.15, 0.2) is 71.8 Å². The van der Waals surface area contributed by atoms with Gasteiger partial charge < -0.3 is 4.74 Å². The molecule has 0 saturated heterocycles. The van der Waals surface area contributed by atoms with Gasteiger partial charge in [-0.1, -0.05) is 36.4 Å². The largest absolute Gasteiger partial charge is 0.457 e. The van der Waals surface area contributed by atoms with E-state index in [-0.39, 0.29) is 4.90 Å². The summed E-state index contributed by atoms with van der Waals surface area (Å²) in [7, 11) is -3.84. The number of ether oxygens (including phenoxy) is 1. The molecule has 0 amide bonds. The smallest absolute Gasteiger partial charge is 0.324 e. The second-order valence-corrected chi connectivity index (χ2v) is 9.51. The van der Waals surface area contributed by atoms with Crippen molar-refractivity contribution in [2.75, 3.05) is 12.0 Å². The van der Waals surface area contributed by atoms with E-state index in [0.29, 0.717) is 12.2 Å². The molecule has 0 bridgehead atoms. The summed E-state index contributed by atoms with van der Waals surface area (Å²) >= 11 is 1.53. The van der Waals surface area contributed by atoms with E-state index in [4.69, 9.17) is 4.74 Å². The molecule has 2 aromatic carbocycles. The van der Waals surface area contributed by atoms with Crippen LogP contribution < -0.4 is 4.72 Å². The number of esters is 1. The van der Waals surface area contributed by atoms with Gasteiger partial charge in [0.05, 0.1) is 10.4 Å². The lowest BCUT2D eigenvalue weighted by Gasteiger charge is -2.21. The van der Waals surface area contributed by atoms with Crippen LogP contribution in [0.2, 0.25) is 0 Å². The highest BCUT2D eigenvalue weighted by Gasteiger charge is 2.28. The number of hydrogen-bond acceptors (Lipinski definition) is 6. The van der Waals surface area contributed by atoms with Crippen LogP contribution in [0.1, 0.15) is 25.0 Å². The van der Waals surface area contributed by atoms with Crippen molar-refractivity contribution < 1.29 is 17.9 Å². The summed E-state index contributed by atoms with van der Waals surface area (Å²) in [4.78, 5) is 17.3. The lowest BCUT2D eigenvalue weighted by Crippen LogP contribution is -2.42. The van der Waals surface area contributed by atoms with Gasteiger partial charge in [0.15, 0.2) is 0 Å². The molecule has 8 heteroatoms. The lowest BCUT2D eigenvalue weighted by atomic mass is 10.1. The minimum atomic E-state index is -3.84. The molecule has 0 aliphatic rings. The standard InChI is InChI=1S/C22H24N2O4S2/c1-16(18-14-17-8-6-7-11-20(17)23-15-18)28-22(25)21(12-13-29-2)24-30(26,27)19-9-4-3-5-10-19/h3-11,14-16,21,24H,12-13H2,1-2H3/t16-,21-/m0/s1. The molecule has 1 aromatic heterocycles. The maximum Gasteiger partial charge on any atom is 0.324 e. The first-order valence-electron chi connectivity index (χ1n) is 9.52. The quantitative estimate of drug-likeness (QED) is 0.503. The Balaban J connectivity index is 1.75. The molecule has 3 aromatic rings. The van der Waals surface area contributed by atoms with Gasteiger partial charge in [-0.25, -0.2) is 8.42 Å². The molecular formula is C22H24N2O4S2. The summed E-state index contributed by atoms with van der Waals surface area (Å²) in [5.41, 5.74) is 1.60. The molecule has 0 aliphatic carbocycles. The van der Waals surface area contributed by atoms with Crippen molar-refractivity contribution in [3.05, 3.63) is 72.4 Å². The number of nitrogens with zero attached hydrogens (tertiary/aromatic N) is 1. The van der Waals surface area contributed by atoms with Gasteiger partial charge in [-0.3, -0.25) is 9.78 Å². The molecule has 1 N–H and O–H groups in total. The zero-order chi connectivity index (χ0) is 21.6. The van der Waals surface area contributed by atoms with Gasteiger partial charge in [0.2, 0.25) is 10.0 Å². The molecule has 0 spiro atoms. The van der Waals surface area contributed by atoms with Crippen LogP contribution in [0.25, 0.3) is 10.9 Å². The van der Waals surface area contributed by atoms with Crippen LogP contribution >= 0.6 is 11.8 Å². The number of rotatable bonds is 9. The molecule has 158 valence electrons. The number of benzene rings is 2. The number of pyridine rings is 1. The van der Waals surface area contributed by atoms with Gasteiger partial charge in [0, 0.05) is 17.1 Å². The monoisotopic (exact) mass is 444 g/mol. The predicted molar refractivity (Wildman–Crippen MR) is 120 cm³/mol. The van der Waals surface area contributed by atoms with E-state index in [2.05, 4.69) is 9.71 Å². The topological polar surface area (TPSA) is 85.4 Å². The second kappa shape index (κ2) is 10.1. The van der Waals surface area contributed by atoms with Gasteiger partial charge in [0.1, 0.15) is 12.1 Å². The number of fused-ring (bicyclic) bond motifs is 1. The Bertz CT molecular complexity index is 1100. The van der Waals surface area contributed by atoms with Gasteiger partial charge in [-0.05, 0) is 49.6 Å². The summed E-state index contributed by atoms with van der Waals surface area (Å²) in [5, 5.41) is 0.946. The van der Waals surface area contributed by atoms with E-state index < -0.39 is 28.1 Å². The van der Waals surface area contributed by atoms with Gasteiger partial charge in [-0.2, -0.15) is 16.5 Å². The predicted octanol–water partition coefficient (Wildman–Crippen LogP) is 3.94. The van der Waals surface area contributed by atoms with Crippen molar-refractivity contribution >= 4 is 38.7 Å². The molecule has 1 heterocycles. The summed E-state index contributed by atoms with van der Waals surface area (Å²) in [6, 6.07) is 16.6. The van der Waals surface area contributed by atoms with E-state index >= 15 is 0 Å². The Hall–Kier alpha value is -2.42. The fourth-order valence-electron chi connectivity index (χ4n) is 2.95. The first-order chi connectivity index (χ1) is 14.4. The highest BCUT2D eigenvalue weighted by atomic mass is 32.2. The third-order valence-electron chi connectivity index (χ3n) is 4.62. The molecule has 0 radical (unpaired) electrons. The molecule has 0 saturated carbocycles. The SMILES string of the molecule is CSCC[C@H](NS(=O)(=O)c1ccccc1)C(=O)O[C@@H](C)c1cnc2ccccc2c1. The number of hydrogen-bond donors (Lipinski definition) is 1. The van der Waals surface area contributed by atoms with Gasteiger partial charge in [0.25, 0.3) is 0 Å². The van der Waals surface area contributed by atoms with E-state index in [0.717, 1.165) is 16.5 Å². The van der Waals surface area contributed by atoms with Crippen LogP contribution in [0, 0.1) is 0 Å².